The summed E-state index contributed by atoms with van der Waals surface area (Å²) < 4.78 is 2.75. The molecule has 7 heteroatoms. The second-order valence-corrected chi connectivity index (χ2v) is 44.0. The van der Waals surface area contributed by atoms with E-state index >= 15 is 0 Å². The minimum atomic E-state index is -3.27. The average molecular weight is 1090 g/mol. The van der Waals surface area contributed by atoms with Gasteiger partial charge >= 0.3 is 426 Å². The standard InChI is InChI=1S/3C19H29ClP.Sb/c3*1-17(2,3)13-10-14(18(4,5)6)16(21-12-20)15(11-13)19(7,8)9;/h3*10-11H,1-9H3;. The zero-order chi connectivity index (χ0) is 50.1. The first kappa shape index (κ1) is 58.2. The normalized spacial score (nSPS) is 15.1. The van der Waals surface area contributed by atoms with E-state index in [4.69, 9.17) is 34.8 Å². The Labute approximate surface area is 422 Å². The van der Waals surface area contributed by atoms with Gasteiger partial charge in [0.1, 0.15) is 0 Å². The van der Waals surface area contributed by atoms with Crippen molar-refractivity contribution in [3.63, 3.8) is 0 Å². The van der Waals surface area contributed by atoms with Crippen LogP contribution in [0.2, 0.25) is 0 Å². The number of hydrogen-bond donors (Lipinski definition) is 0. The van der Waals surface area contributed by atoms with Crippen LogP contribution in [0.4, 0.5) is 0 Å². The number of benzene rings is 3. The topological polar surface area (TPSA) is 0 Å². The molecule has 0 aliphatic rings. The van der Waals surface area contributed by atoms with Crippen LogP contribution in [-0.4, -0.2) is 28.3 Å². The van der Waals surface area contributed by atoms with Crippen LogP contribution in [0.5, 0.6) is 0 Å². The number of rotatable bonds is 6. The van der Waals surface area contributed by atoms with E-state index in [9.17, 15) is 0 Å². The molecule has 0 radical (unpaired) electrons. The summed E-state index contributed by atoms with van der Waals surface area (Å²) in [5, 5.41) is 3.90. The molecule has 0 amide bonds. The molecule has 0 heterocycles. The average Bonchev–Trinajstić information content (AvgIpc) is 3.03. The molecular weight excluding hydrogens is 1010 g/mol. The molecule has 0 spiro atoms. The van der Waals surface area contributed by atoms with Crippen molar-refractivity contribution in [1.29, 1.82) is 0 Å². The van der Waals surface area contributed by atoms with Gasteiger partial charge in [0.05, 0.1) is 0 Å². The van der Waals surface area contributed by atoms with Crippen molar-refractivity contribution in [3.05, 3.63) is 86.5 Å². The van der Waals surface area contributed by atoms with E-state index in [1.54, 1.807) is 0 Å². The van der Waals surface area contributed by atoms with Gasteiger partial charge in [-0.05, 0) is 0 Å². The van der Waals surface area contributed by atoms with Crippen LogP contribution in [0.15, 0.2) is 36.4 Å². The van der Waals surface area contributed by atoms with Gasteiger partial charge in [0, 0.05) is 0 Å². The number of halogens is 3. The van der Waals surface area contributed by atoms with Crippen molar-refractivity contribution in [1.82, 2.24) is 0 Å². The SMILES string of the molecule is CC(C)(C)c1cc(C(C)(C)C)c(P=[C](Cl)[Sb]([C](Cl)=Pc2c(C(C)(C)C)cc(C(C)(C)C)cc2C(C)(C)C)[C](Cl)=Pc2c(C(C)(C)C)cc(C(C)(C)C)cc2C(C)(C)C)c(C(C)(C)C)c1. The van der Waals surface area contributed by atoms with E-state index in [1.165, 1.54) is 66.0 Å². The third-order valence-corrected chi connectivity index (χ3v) is 28.5. The van der Waals surface area contributed by atoms with E-state index in [0.29, 0.717) is 0 Å². The molecule has 356 valence electrons. The van der Waals surface area contributed by atoms with E-state index in [0.717, 1.165) is 32.7 Å². The van der Waals surface area contributed by atoms with Crippen LogP contribution in [0.1, 0.15) is 237 Å². The molecule has 64 heavy (non-hydrogen) atoms. The van der Waals surface area contributed by atoms with E-state index in [-0.39, 0.29) is 48.7 Å². The molecule has 3 rings (SSSR count). The summed E-state index contributed by atoms with van der Waals surface area (Å²) in [5.74, 6) is 0. The molecule has 0 nitrogen and oxygen atoms in total. The van der Waals surface area contributed by atoms with E-state index < -0.39 is 20.2 Å². The van der Waals surface area contributed by atoms with Crippen molar-refractivity contribution in [2.75, 3.05) is 0 Å². The summed E-state index contributed by atoms with van der Waals surface area (Å²) in [6, 6.07) is 14.8. The molecule has 0 unspecified atom stereocenters. The van der Waals surface area contributed by atoms with Crippen molar-refractivity contribution in [2.45, 2.75) is 236 Å². The Morgan fingerprint density at radius 1 is 0.281 bits per heavy atom. The molecule has 0 saturated heterocycles. The fourth-order valence-electron chi connectivity index (χ4n) is 7.65. The van der Waals surface area contributed by atoms with Gasteiger partial charge in [0.2, 0.25) is 0 Å². The monoisotopic (exact) mass is 1090 g/mol. The van der Waals surface area contributed by atoms with Crippen LogP contribution >= 0.6 is 59.4 Å². The molecular formula is C57H87Cl3P3Sb. The third kappa shape index (κ3) is 14.5. The molecule has 0 N–H and O–H groups in total. The summed E-state index contributed by atoms with van der Waals surface area (Å²) in [6.07, 6.45) is 0. The van der Waals surface area contributed by atoms with Gasteiger partial charge in [-0.15, -0.1) is 0 Å². The molecule has 0 aliphatic carbocycles. The Hall–Kier alpha value is -0.142. The van der Waals surface area contributed by atoms with Gasteiger partial charge in [-0.2, -0.15) is 0 Å². The van der Waals surface area contributed by atoms with Gasteiger partial charge in [-0.3, -0.25) is 0 Å². The van der Waals surface area contributed by atoms with Crippen molar-refractivity contribution < 1.29 is 0 Å². The van der Waals surface area contributed by atoms with Crippen molar-refractivity contribution in [3.8, 4) is 0 Å². The van der Waals surface area contributed by atoms with Gasteiger partial charge in [0.25, 0.3) is 0 Å². The summed E-state index contributed by atoms with van der Waals surface area (Å²) in [4.78, 5) is 0. The van der Waals surface area contributed by atoms with Crippen LogP contribution in [-0.2, 0) is 48.7 Å². The molecule has 0 aromatic heterocycles. The van der Waals surface area contributed by atoms with E-state index in [2.05, 4.69) is 223 Å². The Kier molecular flexibility index (Phi) is 17.8. The molecule has 0 atom stereocenters. The van der Waals surface area contributed by atoms with Crippen LogP contribution < -0.4 is 15.9 Å². The Balaban J connectivity index is 2.77. The van der Waals surface area contributed by atoms with Crippen LogP contribution in [0, 0.1) is 0 Å². The maximum atomic E-state index is 8.13. The second kappa shape index (κ2) is 19.6. The predicted octanol–water partition coefficient (Wildman–Crippen LogP) is 17.7. The predicted molar refractivity (Wildman–Crippen MR) is 306 cm³/mol. The molecule has 3 aromatic rings. The fraction of sp³-hybridized carbons (Fsp3) is 0.632. The second-order valence-electron chi connectivity index (χ2n) is 27.5. The molecule has 0 saturated carbocycles. The first-order valence-electron chi connectivity index (χ1n) is 23.3. The Morgan fingerprint density at radius 3 is 0.531 bits per heavy atom. The first-order valence-corrected chi connectivity index (χ1v) is 30.9. The van der Waals surface area contributed by atoms with Gasteiger partial charge in [0.15, 0.2) is 0 Å². The molecule has 0 bridgehead atoms. The van der Waals surface area contributed by atoms with Crippen molar-refractivity contribution >= 4 is 104 Å². The van der Waals surface area contributed by atoms with Crippen molar-refractivity contribution in [2.24, 2.45) is 0 Å². The van der Waals surface area contributed by atoms with Gasteiger partial charge < -0.3 is 0 Å². The summed E-state index contributed by atoms with van der Waals surface area (Å²) in [7, 11) is 3.02. The number of hydrogen-bond acceptors (Lipinski definition) is 0. The quantitative estimate of drug-likeness (QED) is 0.170. The fourth-order valence-corrected chi connectivity index (χ4v) is 31.1. The third-order valence-electron chi connectivity index (χ3n) is 11.9. The van der Waals surface area contributed by atoms with Gasteiger partial charge in [-0.25, -0.2) is 0 Å². The maximum absolute atomic E-state index is 8.13. The summed E-state index contributed by atoms with van der Waals surface area (Å²) >= 11 is 21.1. The van der Waals surface area contributed by atoms with E-state index in [1.807, 2.05) is 0 Å². The Bertz CT molecular complexity index is 1930. The van der Waals surface area contributed by atoms with Crippen LogP contribution in [0.25, 0.3) is 0 Å². The zero-order valence-electron chi connectivity index (χ0n) is 45.4. The zero-order valence-corrected chi connectivity index (χ0v) is 52.9. The molecule has 0 aliphatic heterocycles. The molecule has 3 aromatic carbocycles. The van der Waals surface area contributed by atoms with Gasteiger partial charge in [-0.1, -0.05) is 0 Å². The molecule has 0 fully saturated rings. The first-order chi connectivity index (χ1) is 28.2. The Morgan fingerprint density at radius 2 is 0.422 bits per heavy atom. The minimum absolute atomic E-state index is 0.00886. The van der Waals surface area contributed by atoms with Crippen LogP contribution in [0.3, 0.4) is 0 Å². The summed E-state index contributed by atoms with van der Waals surface area (Å²) in [5.41, 5.74) is 11.4. The summed E-state index contributed by atoms with van der Waals surface area (Å²) in [6.45, 7) is 63.0.